The Hall–Kier alpha value is -3.50. The van der Waals surface area contributed by atoms with Gasteiger partial charge in [0.2, 0.25) is 0 Å². The van der Waals surface area contributed by atoms with Crippen molar-refractivity contribution >= 4 is 23.5 Å². The lowest BCUT2D eigenvalue weighted by Gasteiger charge is -2.30. The third-order valence-corrected chi connectivity index (χ3v) is 6.97. The Balaban J connectivity index is 1.39. The van der Waals surface area contributed by atoms with E-state index in [4.69, 9.17) is 21.3 Å². The molecule has 4 heterocycles. The summed E-state index contributed by atoms with van der Waals surface area (Å²) >= 11 is 6.38. The van der Waals surface area contributed by atoms with Gasteiger partial charge in [-0.15, -0.1) is 0 Å². The SMILES string of the molecule is CC1=C(n2c(C)cc(OCc3ncc(F)cc3F)c(Cl)c2=O)CC(c2ccnc(C3CC(O)C3)n2)N=C1. The summed E-state index contributed by atoms with van der Waals surface area (Å²) in [6.07, 6.45) is 5.69. The molecular formula is C26H24ClF2N5O3. The van der Waals surface area contributed by atoms with E-state index in [-0.39, 0.29) is 41.1 Å². The van der Waals surface area contributed by atoms with Crippen LogP contribution in [-0.2, 0) is 6.61 Å². The van der Waals surface area contributed by atoms with Crippen LogP contribution in [-0.4, -0.2) is 36.9 Å². The van der Waals surface area contributed by atoms with Crippen LogP contribution < -0.4 is 10.3 Å². The third-order valence-electron chi connectivity index (χ3n) is 6.62. The highest BCUT2D eigenvalue weighted by atomic mass is 35.5. The fraction of sp³-hybridized carbons (Fsp3) is 0.346. The van der Waals surface area contributed by atoms with Crippen molar-refractivity contribution in [3.63, 3.8) is 0 Å². The van der Waals surface area contributed by atoms with E-state index in [9.17, 15) is 18.7 Å². The molecule has 2 aliphatic rings. The zero-order valence-electron chi connectivity index (χ0n) is 20.2. The fourth-order valence-corrected chi connectivity index (χ4v) is 4.70. The molecule has 0 radical (unpaired) electrons. The van der Waals surface area contributed by atoms with Crippen LogP contribution in [0.4, 0.5) is 8.78 Å². The molecule has 1 saturated carbocycles. The number of aryl methyl sites for hydroxylation is 1. The molecule has 0 saturated heterocycles. The molecular weight excluding hydrogens is 504 g/mol. The minimum absolute atomic E-state index is 0.0772. The highest BCUT2D eigenvalue weighted by Crippen LogP contribution is 2.37. The van der Waals surface area contributed by atoms with Gasteiger partial charge >= 0.3 is 0 Å². The second kappa shape index (κ2) is 10.1. The number of hydrogen-bond donors (Lipinski definition) is 1. The van der Waals surface area contributed by atoms with Crippen LogP contribution in [0.3, 0.4) is 0 Å². The molecule has 1 atom stereocenters. The number of ether oxygens (including phenoxy) is 1. The van der Waals surface area contributed by atoms with Crippen LogP contribution in [0.5, 0.6) is 5.75 Å². The average Bonchev–Trinajstić information content (AvgIpc) is 2.85. The Morgan fingerprint density at radius 2 is 2.00 bits per heavy atom. The molecule has 0 amide bonds. The fourth-order valence-electron chi connectivity index (χ4n) is 4.51. The van der Waals surface area contributed by atoms with Crippen LogP contribution >= 0.6 is 11.6 Å². The molecule has 0 bridgehead atoms. The van der Waals surface area contributed by atoms with Crippen LogP contribution in [0.15, 0.2) is 46.0 Å². The first-order valence-electron chi connectivity index (χ1n) is 11.8. The highest BCUT2D eigenvalue weighted by molar-refractivity contribution is 6.31. The summed E-state index contributed by atoms with van der Waals surface area (Å²) in [4.78, 5) is 30.7. The summed E-state index contributed by atoms with van der Waals surface area (Å²) in [7, 11) is 0. The summed E-state index contributed by atoms with van der Waals surface area (Å²) in [6, 6.07) is 3.79. The maximum absolute atomic E-state index is 13.9. The van der Waals surface area contributed by atoms with E-state index in [1.807, 2.05) is 6.92 Å². The van der Waals surface area contributed by atoms with Gasteiger partial charge in [0.1, 0.15) is 34.7 Å². The van der Waals surface area contributed by atoms with Gasteiger partial charge in [-0.2, -0.15) is 0 Å². The van der Waals surface area contributed by atoms with Gasteiger partial charge in [-0.05, 0) is 38.3 Å². The van der Waals surface area contributed by atoms with E-state index in [1.54, 1.807) is 31.5 Å². The minimum atomic E-state index is -0.851. The summed E-state index contributed by atoms with van der Waals surface area (Å²) in [5.74, 6) is -0.746. The number of rotatable bonds is 6. The second-order valence-electron chi connectivity index (χ2n) is 9.26. The molecule has 3 aromatic heterocycles. The van der Waals surface area contributed by atoms with Crippen molar-refractivity contribution in [1.29, 1.82) is 0 Å². The molecule has 8 nitrogen and oxygen atoms in total. The first-order valence-corrected chi connectivity index (χ1v) is 12.2. The number of aromatic nitrogens is 4. The Labute approximate surface area is 216 Å². The molecule has 1 fully saturated rings. The Morgan fingerprint density at radius 1 is 1.22 bits per heavy atom. The van der Waals surface area contributed by atoms with Gasteiger partial charge in [0, 0.05) is 48.3 Å². The summed E-state index contributed by atoms with van der Waals surface area (Å²) in [6.45, 7) is 3.29. The van der Waals surface area contributed by atoms with E-state index in [2.05, 4.69) is 15.0 Å². The quantitative estimate of drug-likeness (QED) is 0.505. The van der Waals surface area contributed by atoms with Crippen LogP contribution in [0.25, 0.3) is 5.70 Å². The van der Waals surface area contributed by atoms with Crippen LogP contribution in [0, 0.1) is 18.6 Å². The number of aliphatic imine (C=N–C) groups is 1. The number of nitrogens with zero attached hydrogens (tertiary/aromatic N) is 5. The largest absolute Gasteiger partial charge is 0.485 e. The van der Waals surface area contributed by atoms with Gasteiger partial charge < -0.3 is 9.84 Å². The van der Waals surface area contributed by atoms with Gasteiger partial charge in [-0.25, -0.2) is 18.7 Å². The molecule has 11 heteroatoms. The summed E-state index contributed by atoms with van der Waals surface area (Å²) < 4.78 is 34.1. The number of aliphatic hydroxyl groups excluding tert-OH is 1. The van der Waals surface area contributed by atoms with Crippen LogP contribution in [0.1, 0.15) is 61.1 Å². The lowest BCUT2D eigenvalue weighted by Crippen LogP contribution is -2.28. The normalized spacial score (nSPS) is 21.2. The molecule has 0 spiro atoms. The van der Waals surface area contributed by atoms with E-state index < -0.39 is 17.2 Å². The second-order valence-corrected chi connectivity index (χ2v) is 9.64. The number of pyridine rings is 2. The predicted octanol–water partition coefficient (Wildman–Crippen LogP) is 4.54. The Morgan fingerprint density at radius 3 is 2.73 bits per heavy atom. The van der Waals surface area contributed by atoms with Gasteiger partial charge in [0.15, 0.2) is 5.82 Å². The molecule has 1 N–H and O–H groups in total. The Kier molecular flexibility index (Phi) is 6.87. The maximum Gasteiger partial charge on any atom is 0.277 e. The van der Waals surface area contributed by atoms with Gasteiger partial charge in [0.25, 0.3) is 5.56 Å². The average molecular weight is 528 g/mol. The van der Waals surface area contributed by atoms with Gasteiger partial charge in [0.05, 0.1) is 24.0 Å². The monoisotopic (exact) mass is 527 g/mol. The van der Waals surface area contributed by atoms with Crippen molar-refractivity contribution in [1.82, 2.24) is 19.5 Å². The Bertz CT molecular complexity index is 1480. The number of allylic oxidation sites excluding steroid dienone is 1. The van der Waals surface area contributed by atoms with Crippen molar-refractivity contribution in [2.45, 2.75) is 57.8 Å². The zero-order chi connectivity index (χ0) is 26.3. The van der Waals surface area contributed by atoms with Crippen molar-refractivity contribution in [2.75, 3.05) is 0 Å². The molecule has 3 aromatic rings. The van der Waals surface area contributed by atoms with Crippen molar-refractivity contribution in [3.8, 4) is 5.75 Å². The standard InChI is InChI=1S/C26H24ClF2N5O3/c1-13-10-31-20(19-3-4-30-25(33-19)15-6-17(35)7-15)9-22(13)34-14(2)5-23(24(27)26(34)36)37-12-21-18(29)8-16(28)11-32-21/h3-5,8,10-11,15,17,20,35H,6-7,9,12H2,1-2H3. The summed E-state index contributed by atoms with van der Waals surface area (Å²) in [5.41, 5.74) is 2.23. The zero-order valence-corrected chi connectivity index (χ0v) is 20.9. The lowest BCUT2D eigenvalue weighted by molar-refractivity contribution is 0.0715. The first-order chi connectivity index (χ1) is 17.7. The van der Waals surface area contributed by atoms with E-state index in [1.165, 1.54) is 4.57 Å². The van der Waals surface area contributed by atoms with Gasteiger partial charge in [-0.1, -0.05) is 11.6 Å². The molecule has 1 aliphatic heterocycles. The van der Waals surface area contributed by atoms with E-state index >= 15 is 0 Å². The van der Waals surface area contributed by atoms with Crippen molar-refractivity contribution in [3.05, 3.63) is 86.1 Å². The molecule has 1 aliphatic carbocycles. The van der Waals surface area contributed by atoms with E-state index in [0.717, 1.165) is 23.2 Å². The van der Waals surface area contributed by atoms with Crippen LogP contribution in [0.2, 0.25) is 5.02 Å². The number of halogens is 3. The van der Waals surface area contributed by atoms with Crippen molar-refractivity contribution < 1.29 is 18.6 Å². The predicted molar refractivity (Wildman–Crippen MR) is 134 cm³/mol. The molecule has 192 valence electrons. The van der Waals surface area contributed by atoms with E-state index in [0.29, 0.717) is 36.8 Å². The summed E-state index contributed by atoms with van der Waals surface area (Å²) in [5, 5.41) is 9.46. The smallest absolute Gasteiger partial charge is 0.277 e. The molecule has 37 heavy (non-hydrogen) atoms. The molecule has 0 aromatic carbocycles. The number of hydrogen-bond acceptors (Lipinski definition) is 7. The third kappa shape index (κ3) is 5.03. The topological polar surface area (TPSA) is 102 Å². The highest BCUT2D eigenvalue weighted by Gasteiger charge is 2.31. The number of dihydropyridines is 1. The van der Waals surface area contributed by atoms with Crippen molar-refractivity contribution in [2.24, 2.45) is 4.99 Å². The lowest BCUT2D eigenvalue weighted by atomic mass is 9.82. The first kappa shape index (κ1) is 25.2. The molecule has 5 rings (SSSR count). The molecule has 1 unspecified atom stereocenters. The number of aliphatic hydroxyl groups is 1. The minimum Gasteiger partial charge on any atom is -0.485 e. The van der Waals surface area contributed by atoms with Gasteiger partial charge in [-0.3, -0.25) is 19.3 Å². The maximum atomic E-state index is 13.9.